The van der Waals surface area contributed by atoms with Crippen LogP contribution in [0.25, 0.3) is 0 Å². The summed E-state index contributed by atoms with van der Waals surface area (Å²) in [6, 6.07) is 0.847. The van der Waals surface area contributed by atoms with Gasteiger partial charge in [-0.15, -0.1) is 0 Å². The van der Waals surface area contributed by atoms with E-state index in [2.05, 4.69) is 5.32 Å². The van der Waals surface area contributed by atoms with Crippen molar-refractivity contribution in [3.05, 3.63) is 29.1 Å². The van der Waals surface area contributed by atoms with E-state index >= 15 is 0 Å². The summed E-state index contributed by atoms with van der Waals surface area (Å²) >= 11 is 0. The fourth-order valence-corrected chi connectivity index (χ4v) is 3.22. The predicted molar refractivity (Wildman–Crippen MR) is 73.0 cm³/mol. The standard InChI is InChI=1S/C15H18F4N2O/c16-11-4-3-10(15(17,18)19)12(14(11)22)13(9-1-2-9)21-7-5-20-6-8-21/h3-4,9,13,20,22H,1-2,5-8H2/t13-/m1/s1. The number of piperazine rings is 1. The second-order valence-corrected chi connectivity index (χ2v) is 5.92. The minimum absolute atomic E-state index is 0.0481. The molecule has 0 amide bonds. The second kappa shape index (κ2) is 5.70. The van der Waals surface area contributed by atoms with Gasteiger partial charge in [-0.2, -0.15) is 13.2 Å². The lowest BCUT2D eigenvalue weighted by Gasteiger charge is -2.36. The number of nitrogens with zero attached hydrogens (tertiary/aromatic N) is 1. The molecule has 1 aliphatic heterocycles. The molecular weight excluding hydrogens is 300 g/mol. The first-order valence-corrected chi connectivity index (χ1v) is 7.43. The highest BCUT2D eigenvalue weighted by molar-refractivity contribution is 5.45. The van der Waals surface area contributed by atoms with Crippen LogP contribution in [0.2, 0.25) is 0 Å². The predicted octanol–water partition coefficient (Wildman–Crippen LogP) is 2.91. The minimum atomic E-state index is -4.61. The minimum Gasteiger partial charge on any atom is -0.505 e. The smallest absolute Gasteiger partial charge is 0.416 e. The van der Waals surface area contributed by atoms with E-state index in [1.165, 1.54) is 0 Å². The van der Waals surface area contributed by atoms with E-state index < -0.39 is 29.3 Å². The van der Waals surface area contributed by atoms with Crippen LogP contribution in [-0.4, -0.2) is 36.2 Å². The number of phenols is 1. The molecule has 1 atom stereocenters. The molecule has 7 heteroatoms. The van der Waals surface area contributed by atoms with Gasteiger partial charge in [0.05, 0.1) is 5.56 Å². The van der Waals surface area contributed by atoms with Crippen LogP contribution in [0.1, 0.15) is 30.0 Å². The maximum atomic E-state index is 13.7. The van der Waals surface area contributed by atoms with Gasteiger partial charge >= 0.3 is 6.18 Å². The Labute approximate surface area is 125 Å². The molecule has 2 aliphatic rings. The molecule has 0 spiro atoms. The van der Waals surface area contributed by atoms with Crippen molar-refractivity contribution in [3.63, 3.8) is 0 Å². The number of hydrogen-bond donors (Lipinski definition) is 2. The molecule has 1 heterocycles. The summed E-state index contributed by atoms with van der Waals surface area (Å²) < 4.78 is 53.6. The van der Waals surface area contributed by atoms with Gasteiger partial charge in [-0.25, -0.2) is 4.39 Å². The Morgan fingerprint density at radius 1 is 1.18 bits per heavy atom. The molecule has 0 bridgehead atoms. The van der Waals surface area contributed by atoms with E-state index in [1.807, 2.05) is 4.90 Å². The fourth-order valence-electron chi connectivity index (χ4n) is 3.22. The third-order valence-electron chi connectivity index (χ3n) is 4.38. The molecule has 1 aromatic rings. The van der Waals surface area contributed by atoms with E-state index in [0.29, 0.717) is 32.2 Å². The highest BCUT2D eigenvalue weighted by atomic mass is 19.4. The lowest BCUT2D eigenvalue weighted by Crippen LogP contribution is -2.46. The van der Waals surface area contributed by atoms with Crippen molar-refractivity contribution >= 4 is 0 Å². The monoisotopic (exact) mass is 318 g/mol. The normalized spacial score (nSPS) is 21.8. The van der Waals surface area contributed by atoms with Gasteiger partial charge < -0.3 is 10.4 Å². The third-order valence-corrected chi connectivity index (χ3v) is 4.38. The fraction of sp³-hybridized carbons (Fsp3) is 0.600. The van der Waals surface area contributed by atoms with E-state index in [9.17, 15) is 22.7 Å². The molecule has 3 nitrogen and oxygen atoms in total. The zero-order chi connectivity index (χ0) is 15.9. The maximum Gasteiger partial charge on any atom is 0.416 e. The average Bonchev–Trinajstić information content (AvgIpc) is 3.28. The first-order valence-electron chi connectivity index (χ1n) is 7.43. The topological polar surface area (TPSA) is 35.5 Å². The number of alkyl halides is 3. The molecule has 1 saturated heterocycles. The van der Waals surface area contributed by atoms with E-state index in [-0.39, 0.29) is 11.5 Å². The van der Waals surface area contributed by atoms with Gasteiger partial charge in [0, 0.05) is 37.8 Å². The molecule has 0 unspecified atom stereocenters. The van der Waals surface area contributed by atoms with Gasteiger partial charge in [-0.05, 0) is 30.9 Å². The van der Waals surface area contributed by atoms with Gasteiger partial charge in [-0.3, -0.25) is 4.90 Å². The summed E-state index contributed by atoms with van der Waals surface area (Å²) in [7, 11) is 0. The van der Waals surface area contributed by atoms with Crippen LogP contribution in [0.3, 0.4) is 0 Å². The summed E-state index contributed by atoms with van der Waals surface area (Å²) in [6.07, 6.45) is -2.99. The quantitative estimate of drug-likeness (QED) is 0.841. The van der Waals surface area contributed by atoms with Gasteiger partial charge in [0.15, 0.2) is 11.6 Å². The van der Waals surface area contributed by atoms with Crippen molar-refractivity contribution in [3.8, 4) is 5.75 Å². The van der Waals surface area contributed by atoms with E-state index in [4.69, 9.17) is 0 Å². The van der Waals surface area contributed by atoms with Crippen molar-refractivity contribution in [2.45, 2.75) is 25.1 Å². The SMILES string of the molecule is Oc1c(F)ccc(C(F)(F)F)c1[C@@H](C1CC1)N1CCNCC1. The van der Waals surface area contributed by atoms with Crippen molar-refractivity contribution in [2.24, 2.45) is 5.92 Å². The summed E-state index contributed by atoms with van der Waals surface area (Å²) in [5.41, 5.74) is -1.22. The van der Waals surface area contributed by atoms with Gasteiger partial charge in [0.1, 0.15) is 0 Å². The average molecular weight is 318 g/mol. The number of nitrogens with one attached hydrogen (secondary N) is 1. The summed E-state index contributed by atoms with van der Waals surface area (Å²) in [4.78, 5) is 1.93. The molecule has 1 saturated carbocycles. The highest BCUT2D eigenvalue weighted by Gasteiger charge is 2.44. The van der Waals surface area contributed by atoms with Crippen LogP contribution in [0.5, 0.6) is 5.75 Å². The molecule has 0 aromatic heterocycles. The lowest BCUT2D eigenvalue weighted by atomic mass is 9.93. The van der Waals surface area contributed by atoms with Crippen LogP contribution >= 0.6 is 0 Å². The second-order valence-electron chi connectivity index (χ2n) is 5.92. The third kappa shape index (κ3) is 2.92. The van der Waals surface area contributed by atoms with Crippen molar-refractivity contribution in [1.29, 1.82) is 0 Å². The Hall–Kier alpha value is -1.34. The molecule has 2 N–H and O–H groups in total. The first-order chi connectivity index (χ1) is 10.4. The van der Waals surface area contributed by atoms with Crippen molar-refractivity contribution in [1.82, 2.24) is 10.2 Å². The number of rotatable bonds is 3. The molecule has 1 aromatic carbocycles. The number of aromatic hydroxyl groups is 1. The summed E-state index contributed by atoms with van der Waals surface area (Å²) in [5.74, 6) is -1.80. The molecular formula is C15H18F4N2O. The Kier molecular flexibility index (Phi) is 4.03. The largest absolute Gasteiger partial charge is 0.505 e. The number of halogens is 4. The number of phenolic OH excluding ortho intramolecular Hbond substituents is 1. The number of hydrogen-bond acceptors (Lipinski definition) is 3. The van der Waals surface area contributed by atoms with Crippen LogP contribution in [-0.2, 0) is 6.18 Å². The molecule has 1 aliphatic carbocycles. The van der Waals surface area contributed by atoms with Crippen molar-refractivity contribution < 1.29 is 22.7 Å². The first kappa shape index (κ1) is 15.6. The Bertz CT molecular complexity index is 551. The Morgan fingerprint density at radius 2 is 1.82 bits per heavy atom. The summed E-state index contributed by atoms with van der Waals surface area (Å²) in [6.45, 7) is 2.55. The molecule has 2 fully saturated rings. The Morgan fingerprint density at radius 3 is 2.36 bits per heavy atom. The maximum absolute atomic E-state index is 13.7. The van der Waals surface area contributed by atoms with Crippen LogP contribution in [0.4, 0.5) is 17.6 Å². The lowest BCUT2D eigenvalue weighted by molar-refractivity contribution is -0.139. The molecule has 22 heavy (non-hydrogen) atoms. The number of benzene rings is 1. The molecule has 3 rings (SSSR count). The van der Waals surface area contributed by atoms with Gasteiger partial charge in [-0.1, -0.05) is 0 Å². The van der Waals surface area contributed by atoms with Crippen LogP contribution in [0.15, 0.2) is 12.1 Å². The van der Waals surface area contributed by atoms with E-state index in [1.54, 1.807) is 0 Å². The van der Waals surface area contributed by atoms with Crippen LogP contribution in [0, 0.1) is 11.7 Å². The zero-order valence-electron chi connectivity index (χ0n) is 12.0. The molecule has 0 radical (unpaired) electrons. The van der Waals surface area contributed by atoms with Crippen LogP contribution < -0.4 is 5.32 Å². The van der Waals surface area contributed by atoms with Gasteiger partial charge in [0.2, 0.25) is 0 Å². The molecule has 122 valence electrons. The Balaban J connectivity index is 2.08. The highest BCUT2D eigenvalue weighted by Crippen LogP contribution is 2.51. The van der Waals surface area contributed by atoms with E-state index in [0.717, 1.165) is 18.9 Å². The summed E-state index contributed by atoms with van der Waals surface area (Å²) in [5, 5.41) is 13.2. The van der Waals surface area contributed by atoms with Crippen molar-refractivity contribution in [2.75, 3.05) is 26.2 Å². The van der Waals surface area contributed by atoms with Gasteiger partial charge in [0.25, 0.3) is 0 Å². The zero-order valence-corrected chi connectivity index (χ0v) is 12.0.